The number of carbonyl (C=O) groups is 1. The number of carbonyl (C=O) groups excluding carboxylic acids is 1. The normalized spacial score (nSPS) is 11.3. The van der Waals surface area contributed by atoms with Crippen molar-refractivity contribution in [2.24, 2.45) is 0 Å². The van der Waals surface area contributed by atoms with Crippen molar-refractivity contribution in [3.05, 3.63) is 76.2 Å². The van der Waals surface area contributed by atoms with Crippen molar-refractivity contribution in [2.45, 2.75) is 33.4 Å². The van der Waals surface area contributed by atoms with Gasteiger partial charge in [-0.05, 0) is 42.8 Å². The summed E-state index contributed by atoms with van der Waals surface area (Å²) in [5, 5.41) is 7.22. The fourth-order valence-electron chi connectivity index (χ4n) is 4.04. The summed E-state index contributed by atoms with van der Waals surface area (Å²) in [6.45, 7) is 3.39. The molecule has 0 aliphatic rings. The number of aryl methyl sites for hydroxylation is 2. The Hall–Kier alpha value is -4.54. The van der Waals surface area contributed by atoms with Gasteiger partial charge in [-0.3, -0.25) is 14.2 Å². The molecule has 10 nitrogen and oxygen atoms in total. The fourth-order valence-corrected chi connectivity index (χ4v) is 4.04. The first-order chi connectivity index (χ1) is 17.4. The minimum Gasteiger partial charge on any atom is -0.497 e. The van der Waals surface area contributed by atoms with Crippen LogP contribution in [0.1, 0.15) is 24.2 Å². The van der Waals surface area contributed by atoms with E-state index in [-0.39, 0.29) is 30.1 Å². The lowest BCUT2D eigenvalue weighted by molar-refractivity contribution is -0.116. The summed E-state index contributed by atoms with van der Waals surface area (Å²) in [4.78, 5) is 35.3. The summed E-state index contributed by atoms with van der Waals surface area (Å²) >= 11 is 0. The Kier molecular flexibility index (Phi) is 5.96. The van der Waals surface area contributed by atoms with E-state index in [1.165, 1.54) is 17.0 Å². The number of hydrogen-bond donors (Lipinski definition) is 1. The maximum atomic E-state index is 14.0. The Bertz CT molecular complexity index is 1670. The third-order valence-electron chi connectivity index (χ3n) is 5.92. The van der Waals surface area contributed by atoms with Crippen LogP contribution in [0.4, 0.5) is 10.1 Å². The molecule has 36 heavy (non-hydrogen) atoms. The summed E-state index contributed by atoms with van der Waals surface area (Å²) in [5.41, 5.74) is 1.72. The van der Waals surface area contributed by atoms with Gasteiger partial charge in [0.1, 0.15) is 35.7 Å². The van der Waals surface area contributed by atoms with E-state index in [0.717, 1.165) is 0 Å². The molecule has 0 saturated carbocycles. The molecule has 0 aliphatic carbocycles. The standard InChI is InChI=1S/C25H23FN6O4/c1-4-20-29-22(36-30-20)12-31-13-27-23-17-10-16(35-3)7-8-19(17)32(24(23)25(31)34)11-21(33)28-15-6-5-14(2)18(26)9-15/h5-10,13H,4,11-12H2,1-3H3,(H,28,33). The first kappa shape index (κ1) is 23.2. The number of anilines is 1. The Balaban J connectivity index is 1.59. The number of aromatic nitrogens is 5. The highest BCUT2D eigenvalue weighted by molar-refractivity contribution is 6.07. The fraction of sp³-hybridized carbons (Fsp3) is 0.240. The lowest BCUT2D eigenvalue weighted by atomic mass is 10.2. The quantitative estimate of drug-likeness (QED) is 0.371. The maximum Gasteiger partial charge on any atom is 0.278 e. The molecule has 0 radical (unpaired) electrons. The van der Waals surface area contributed by atoms with Crippen LogP contribution in [0.3, 0.4) is 0 Å². The van der Waals surface area contributed by atoms with Crippen molar-refractivity contribution < 1.29 is 18.4 Å². The lowest BCUT2D eigenvalue weighted by Gasteiger charge is -2.10. The van der Waals surface area contributed by atoms with Crippen molar-refractivity contribution in [3.8, 4) is 5.75 Å². The van der Waals surface area contributed by atoms with Gasteiger partial charge in [0, 0.05) is 17.5 Å². The molecule has 11 heteroatoms. The molecule has 3 heterocycles. The number of rotatable bonds is 7. The number of hydrogen-bond acceptors (Lipinski definition) is 7. The highest BCUT2D eigenvalue weighted by Gasteiger charge is 2.20. The molecular formula is C25H23FN6O4. The zero-order valence-corrected chi connectivity index (χ0v) is 19.9. The number of fused-ring (bicyclic) bond motifs is 3. The second-order valence-electron chi connectivity index (χ2n) is 8.31. The average molecular weight is 490 g/mol. The summed E-state index contributed by atoms with van der Waals surface area (Å²) in [6.07, 6.45) is 2.02. The Morgan fingerprint density at radius 1 is 1.22 bits per heavy atom. The molecule has 5 aromatic rings. The molecule has 2 aromatic carbocycles. The highest BCUT2D eigenvalue weighted by Crippen LogP contribution is 2.29. The van der Waals surface area contributed by atoms with Crippen molar-refractivity contribution in [1.29, 1.82) is 0 Å². The van der Waals surface area contributed by atoms with Crippen LogP contribution in [0.5, 0.6) is 5.75 Å². The van der Waals surface area contributed by atoms with E-state index in [2.05, 4.69) is 20.4 Å². The molecule has 0 atom stereocenters. The molecule has 1 amide bonds. The maximum absolute atomic E-state index is 14.0. The predicted octanol–water partition coefficient (Wildman–Crippen LogP) is 3.44. The molecule has 0 bridgehead atoms. The second kappa shape index (κ2) is 9.25. The zero-order valence-electron chi connectivity index (χ0n) is 19.9. The Morgan fingerprint density at radius 3 is 2.78 bits per heavy atom. The molecule has 1 N–H and O–H groups in total. The minimum absolute atomic E-state index is 0.0362. The van der Waals surface area contributed by atoms with Gasteiger partial charge in [0.05, 0.1) is 19.0 Å². The molecule has 0 aliphatic heterocycles. The van der Waals surface area contributed by atoms with Crippen LogP contribution in [0.25, 0.3) is 21.9 Å². The van der Waals surface area contributed by atoms with Gasteiger partial charge in [-0.25, -0.2) is 9.37 Å². The monoisotopic (exact) mass is 490 g/mol. The van der Waals surface area contributed by atoms with E-state index in [1.54, 1.807) is 48.9 Å². The van der Waals surface area contributed by atoms with Gasteiger partial charge in [0.15, 0.2) is 5.82 Å². The van der Waals surface area contributed by atoms with E-state index in [4.69, 9.17) is 9.26 Å². The lowest BCUT2D eigenvalue weighted by Crippen LogP contribution is -2.25. The summed E-state index contributed by atoms with van der Waals surface area (Å²) in [6, 6.07) is 9.74. The summed E-state index contributed by atoms with van der Waals surface area (Å²) in [5.74, 6) is 0.560. The molecular weight excluding hydrogens is 467 g/mol. The van der Waals surface area contributed by atoms with E-state index in [9.17, 15) is 14.0 Å². The Morgan fingerprint density at radius 2 is 2.06 bits per heavy atom. The van der Waals surface area contributed by atoms with Gasteiger partial charge in [-0.1, -0.05) is 18.1 Å². The van der Waals surface area contributed by atoms with Crippen molar-refractivity contribution in [3.63, 3.8) is 0 Å². The van der Waals surface area contributed by atoms with Gasteiger partial charge in [-0.2, -0.15) is 4.98 Å². The van der Waals surface area contributed by atoms with Crippen LogP contribution >= 0.6 is 0 Å². The number of nitrogens with zero attached hydrogens (tertiary/aromatic N) is 5. The van der Waals surface area contributed by atoms with Gasteiger partial charge in [-0.15, -0.1) is 0 Å². The van der Waals surface area contributed by atoms with Gasteiger partial charge < -0.3 is 19.1 Å². The van der Waals surface area contributed by atoms with Crippen molar-refractivity contribution >= 4 is 33.5 Å². The van der Waals surface area contributed by atoms with Crippen LogP contribution in [0, 0.1) is 12.7 Å². The second-order valence-corrected chi connectivity index (χ2v) is 8.31. The molecule has 184 valence electrons. The summed E-state index contributed by atoms with van der Waals surface area (Å²) < 4.78 is 27.5. The molecule has 0 saturated heterocycles. The molecule has 0 unspecified atom stereocenters. The highest BCUT2D eigenvalue weighted by atomic mass is 19.1. The topological polar surface area (TPSA) is 117 Å². The first-order valence-corrected chi connectivity index (χ1v) is 11.3. The number of halogens is 1. The third-order valence-corrected chi connectivity index (χ3v) is 5.92. The van der Waals surface area contributed by atoms with E-state index < -0.39 is 11.7 Å². The van der Waals surface area contributed by atoms with Crippen molar-refractivity contribution in [2.75, 3.05) is 12.4 Å². The largest absolute Gasteiger partial charge is 0.497 e. The van der Waals surface area contributed by atoms with Gasteiger partial charge >= 0.3 is 0 Å². The van der Waals surface area contributed by atoms with E-state index >= 15 is 0 Å². The smallest absolute Gasteiger partial charge is 0.278 e. The SMILES string of the molecule is CCc1noc(Cn2cnc3c4cc(OC)ccc4n(CC(=O)Nc4ccc(C)c(F)c4)c3c2=O)n1. The average Bonchev–Trinajstić information content (AvgIpc) is 3.45. The first-order valence-electron chi connectivity index (χ1n) is 11.3. The number of methoxy groups -OCH3 is 1. The van der Waals surface area contributed by atoms with Crippen LogP contribution in [-0.2, 0) is 24.3 Å². The van der Waals surface area contributed by atoms with E-state index in [0.29, 0.717) is 45.7 Å². The minimum atomic E-state index is -0.424. The van der Waals surface area contributed by atoms with Crippen LogP contribution in [0.2, 0.25) is 0 Å². The molecule has 5 rings (SSSR count). The zero-order chi connectivity index (χ0) is 25.4. The number of nitrogens with one attached hydrogen (secondary N) is 1. The molecule has 0 fully saturated rings. The van der Waals surface area contributed by atoms with Crippen LogP contribution in [-0.4, -0.2) is 37.3 Å². The Labute approximate surface area is 204 Å². The van der Waals surface area contributed by atoms with Crippen molar-refractivity contribution in [1.82, 2.24) is 24.3 Å². The number of amides is 1. The number of benzene rings is 2. The molecule has 0 spiro atoms. The number of ether oxygens (including phenoxy) is 1. The summed E-state index contributed by atoms with van der Waals surface area (Å²) in [7, 11) is 1.55. The van der Waals surface area contributed by atoms with Crippen LogP contribution in [0.15, 0.2) is 52.0 Å². The predicted molar refractivity (Wildman–Crippen MR) is 131 cm³/mol. The third kappa shape index (κ3) is 4.19. The molecule has 3 aromatic heterocycles. The van der Waals surface area contributed by atoms with Crippen LogP contribution < -0.4 is 15.6 Å². The van der Waals surface area contributed by atoms with E-state index in [1.807, 2.05) is 6.92 Å². The van der Waals surface area contributed by atoms with Gasteiger partial charge in [0.25, 0.3) is 5.56 Å². The van der Waals surface area contributed by atoms with Gasteiger partial charge in [0.2, 0.25) is 11.8 Å².